The Kier molecular flexibility index (Phi) is 19.9. The minimum atomic E-state index is 1.17. The van der Waals surface area contributed by atoms with Crippen LogP contribution in [0.3, 0.4) is 0 Å². The van der Waals surface area contributed by atoms with Gasteiger partial charge in [0.05, 0.1) is 66.2 Å². The summed E-state index contributed by atoms with van der Waals surface area (Å²) in [7, 11) is 0. The van der Waals surface area contributed by atoms with Gasteiger partial charge in [-0.15, -0.1) is 0 Å². The molecule has 0 aliphatic heterocycles. The summed E-state index contributed by atoms with van der Waals surface area (Å²) in [6.45, 7) is 0. The van der Waals surface area contributed by atoms with E-state index in [2.05, 4.69) is 573 Å². The second-order valence-corrected chi connectivity index (χ2v) is 37.8. The number of nitrogens with zero attached hydrogens (tertiary/aromatic N) is 6. The van der Waals surface area contributed by atoms with Gasteiger partial charge in [0.2, 0.25) is 0 Å². The summed E-state index contributed by atoms with van der Waals surface area (Å²) in [6, 6.07) is 199. The molecule has 30 aromatic rings. The number of hydrogen-bond acceptors (Lipinski definition) is 0. The van der Waals surface area contributed by atoms with E-state index in [4.69, 9.17) is 0 Å². The third kappa shape index (κ3) is 14.1. The summed E-state index contributed by atoms with van der Waals surface area (Å²) < 4.78 is 14.3. The van der Waals surface area contributed by atoms with Crippen LogP contribution < -0.4 is 0 Å². The Balaban J connectivity index is 0.000000105. The first-order valence-corrected chi connectivity index (χ1v) is 49.6. The molecule has 30 rings (SSSR count). The van der Waals surface area contributed by atoms with E-state index in [1.165, 1.54) is 264 Å². The Morgan fingerprint density at radius 2 is 0.285 bits per heavy atom. The van der Waals surface area contributed by atoms with Gasteiger partial charge in [-0.05, 0) is 287 Å². The molecule has 0 fully saturated rings. The van der Waals surface area contributed by atoms with Crippen molar-refractivity contribution in [2.45, 2.75) is 0 Å². The number of rotatable bonds is 12. The monoisotopic (exact) mass is 1830 g/mol. The van der Waals surface area contributed by atoms with Gasteiger partial charge in [-0.3, -0.25) is 0 Å². The summed E-state index contributed by atoms with van der Waals surface area (Å²) in [5.41, 5.74) is 36.3. The third-order valence-electron chi connectivity index (χ3n) is 29.7. The molecule has 0 bridgehead atoms. The predicted molar refractivity (Wildman–Crippen MR) is 610 cm³/mol. The van der Waals surface area contributed by atoms with Crippen LogP contribution in [-0.2, 0) is 0 Å². The maximum atomic E-state index is 2.41. The number of para-hydroxylation sites is 9. The first kappa shape index (κ1) is 83.1. The molecule has 0 spiro atoms. The quantitative estimate of drug-likeness (QED) is 0.117. The summed E-state index contributed by atoms with van der Waals surface area (Å²) in [5.74, 6) is 0. The Bertz CT molecular complexity index is 10400. The predicted octanol–water partition coefficient (Wildman–Crippen LogP) is 37.1. The number of benzene rings is 24. The summed E-state index contributed by atoms with van der Waals surface area (Å²) in [5, 5.41) is 22.7. The fraction of sp³-hybridized carbons (Fsp3) is 0. The molecule has 0 aliphatic rings. The maximum Gasteiger partial charge on any atom is 0.0541 e. The highest BCUT2D eigenvalue weighted by atomic mass is 15.0. The van der Waals surface area contributed by atoms with E-state index in [1.807, 2.05) is 0 Å². The Labute approximate surface area is 831 Å². The van der Waals surface area contributed by atoms with Crippen molar-refractivity contribution in [3.05, 3.63) is 546 Å². The van der Waals surface area contributed by atoms with Gasteiger partial charge in [-0.2, -0.15) is 0 Å². The zero-order chi connectivity index (χ0) is 94.8. The molecule has 0 radical (unpaired) electrons. The van der Waals surface area contributed by atoms with Crippen molar-refractivity contribution in [3.63, 3.8) is 0 Å². The van der Waals surface area contributed by atoms with Crippen LogP contribution in [0.25, 0.3) is 264 Å². The van der Waals surface area contributed by atoms with Crippen LogP contribution in [0.1, 0.15) is 0 Å². The normalized spacial score (nSPS) is 11.8. The Morgan fingerprint density at radius 1 is 0.0903 bits per heavy atom. The minimum Gasteiger partial charge on any atom is -0.309 e. The van der Waals surface area contributed by atoms with E-state index in [0.29, 0.717) is 0 Å². The first-order chi connectivity index (χ1) is 71.4. The van der Waals surface area contributed by atoms with Crippen LogP contribution in [0.5, 0.6) is 0 Å². The highest BCUT2D eigenvalue weighted by molar-refractivity contribution is 6.17. The highest BCUT2D eigenvalue weighted by Crippen LogP contribution is 2.46. The van der Waals surface area contributed by atoms with Gasteiger partial charge in [0.25, 0.3) is 0 Å². The molecule has 144 heavy (non-hydrogen) atoms. The van der Waals surface area contributed by atoms with E-state index in [9.17, 15) is 0 Å². The zero-order valence-electron chi connectivity index (χ0n) is 78.6. The number of hydrogen-bond donors (Lipinski definition) is 0. The van der Waals surface area contributed by atoms with Crippen LogP contribution in [0.4, 0.5) is 0 Å². The second kappa shape index (κ2) is 34.5. The van der Waals surface area contributed by atoms with Crippen molar-refractivity contribution in [1.82, 2.24) is 27.4 Å². The van der Waals surface area contributed by atoms with Crippen LogP contribution in [0.15, 0.2) is 546 Å². The van der Waals surface area contributed by atoms with Gasteiger partial charge < -0.3 is 27.4 Å². The van der Waals surface area contributed by atoms with E-state index in [1.54, 1.807) is 0 Å². The van der Waals surface area contributed by atoms with Gasteiger partial charge in [0.1, 0.15) is 0 Å². The Hall–Kier alpha value is -19.1. The highest BCUT2D eigenvalue weighted by Gasteiger charge is 2.24. The van der Waals surface area contributed by atoms with Crippen molar-refractivity contribution in [2.24, 2.45) is 0 Å². The van der Waals surface area contributed by atoms with Crippen LogP contribution in [0.2, 0.25) is 0 Å². The van der Waals surface area contributed by atoms with E-state index in [-0.39, 0.29) is 0 Å². The lowest BCUT2D eigenvalue weighted by Crippen LogP contribution is -1.94. The first-order valence-electron chi connectivity index (χ1n) is 49.6. The molecule has 0 saturated heterocycles. The second-order valence-electron chi connectivity index (χ2n) is 37.8. The zero-order valence-corrected chi connectivity index (χ0v) is 78.6. The summed E-state index contributed by atoms with van der Waals surface area (Å²) in [4.78, 5) is 0. The summed E-state index contributed by atoms with van der Waals surface area (Å²) in [6.07, 6.45) is 0. The maximum absolute atomic E-state index is 2.41. The van der Waals surface area contributed by atoms with Gasteiger partial charge in [0, 0.05) is 98.8 Å². The molecule has 0 aliphatic carbocycles. The minimum absolute atomic E-state index is 1.17. The van der Waals surface area contributed by atoms with Gasteiger partial charge in [-0.25, -0.2) is 0 Å². The molecule has 0 amide bonds. The molecule has 0 atom stereocenters. The molecule has 672 valence electrons. The largest absolute Gasteiger partial charge is 0.309 e. The lowest BCUT2D eigenvalue weighted by Gasteiger charge is -2.13. The van der Waals surface area contributed by atoms with Crippen LogP contribution in [-0.4, -0.2) is 27.4 Å². The van der Waals surface area contributed by atoms with Crippen molar-refractivity contribution in [3.8, 4) is 101 Å². The molecule has 6 nitrogen and oxygen atoms in total. The molecule has 6 heteroatoms. The van der Waals surface area contributed by atoms with Gasteiger partial charge >= 0.3 is 0 Å². The molecule has 0 unspecified atom stereocenters. The van der Waals surface area contributed by atoms with Gasteiger partial charge in [-0.1, -0.05) is 358 Å². The SMILES string of the molecule is c1ccc(-n2c3ccccc3c3cc(-c4ccc(-c5ccc6c(c5)c5ccccc5n6-c5ccc6ccccc6c5)cc4)ccc32)cc1.c1ccc(-n2c3ccccc3c3cc(-c4cccc(-c5ccc6c(c5)c5ccccc5n6-c5ccc6ccccc6c5)c4)ccc32)cc1.c1ccc(-n2c3ccccc3c3cc(-c4ccccc4-c4ccc5c(c4)c4ccccc4n5-c4ccc5ccccc5c4)ccc32)cc1. The van der Waals surface area contributed by atoms with Crippen LogP contribution in [0, 0.1) is 0 Å². The van der Waals surface area contributed by atoms with Gasteiger partial charge in [0.15, 0.2) is 0 Å². The van der Waals surface area contributed by atoms with E-state index < -0.39 is 0 Å². The van der Waals surface area contributed by atoms with E-state index >= 15 is 0 Å². The van der Waals surface area contributed by atoms with Crippen molar-refractivity contribution >= 4 is 163 Å². The Morgan fingerprint density at radius 3 is 0.562 bits per heavy atom. The molecular weight excluding hydrogens is 1740 g/mol. The lowest BCUT2D eigenvalue weighted by molar-refractivity contribution is 1.18. The molecular formula is C138H90N6. The average Bonchev–Trinajstić information content (AvgIpc) is 1.59. The van der Waals surface area contributed by atoms with Crippen LogP contribution >= 0.6 is 0 Å². The molecule has 24 aromatic carbocycles. The number of fused-ring (bicyclic) bond motifs is 21. The van der Waals surface area contributed by atoms with Crippen molar-refractivity contribution in [2.75, 3.05) is 0 Å². The number of aromatic nitrogens is 6. The van der Waals surface area contributed by atoms with Crippen molar-refractivity contribution in [1.29, 1.82) is 0 Å². The molecule has 0 saturated carbocycles. The van der Waals surface area contributed by atoms with Crippen molar-refractivity contribution < 1.29 is 0 Å². The molecule has 0 N–H and O–H groups in total. The lowest BCUT2D eigenvalue weighted by atomic mass is 9.93. The van der Waals surface area contributed by atoms with E-state index in [0.717, 1.165) is 0 Å². The molecule has 6 aromatic heterocycles. The average molecular weight is 1830 g/mol. The fourth-order valence-corrected chi connectivity index (χ4v) is 23.0. The molecule has 6 heterocycles. The fourth-order valence-electron chi connectivity index (χ4n) is 23.0. The third-order valence-corrected chi connectivity index (χ3v) is 29.7. The standard InChI is InChI=1S/3C46H30N2/c1-2-15-37(16-3-1)47-43-19-8-6-17-39(43)41-29-35(22-25-45(41)47)32-13-10-14-33(27-32)36-23-26-46-42(30-36)40-18-7-9-20-44(40)48(46)38-24-21-31-11-4-5-12-34(31)28-38;1-2-12-37(13-3-1)47-43-16-8-6-14-39(43)41-29-35(23-26-45(41)47)32-18-20-33(21-19-32)36-24-27-46-42(30-36)40-15-7-9-17-44(40)48(46)38-25-22-31-10-4-5-11-34(31)28-38;1-2-14-35(15-3-1)47-43-20-10-8-18-39(43)41-29-33(23-26-45(41)47)37-16-6-7-17-38(37)34-24-27-46-42(30-34)40-19-9-11-21-44(40)48(46)36-25-22-31-12-4-5-13-32(31)28-36/h3*1-30H. The smallest absolute Gasteiger partial charge is 0.0541 e. The topological polar surface area (TPSA) is 29.6 Å². The summed E-state index contributed by atoms with van der Waals surface area (Å²) >= 11 is 0.